The zero-order valence-corrected chi connectivity index (χ0v) is 13.3. The first-order valence-corrected chi connectivity index (χ1v) is 8.15. The number of rotatable bonds is 3. The van der Waals surface area contributed by atoms with Gasteiger partial charge in [-0.25, -0.2) is 0 Å². The van der Waals surface area contributed by atoms with Crippen molar-refractivity contribution >= 4 is 5.78 Å². The van der Waals surface area contributed by atoms with E-state index in [9.17, 15) is 4.79 Å². The van der Waals surface area contributed by atoms with Crippen molar-refractivity contribution in [3.63, 3.8) is 0 Å². The first-order chi connectivity index (χ1) is 11.3. The van der Waals surface area contributed by atoms with E-state index in [4.69, 9.17) is 0 Å². The largest absolute Gasteiger partial charge is 0.343 e. The van der Waals surface area contributed by atoms with Crippen LogP contribution in [0.4, 0.5) is 0 Å². The Kier molecular flexibility index (Phi) is 3.38. The van der Waals surface area contributed by atoms with Crippen molar-refractivity contribution in [2.24, 2.45) is 0 Å². The van der Waals surface area contributed by atoms with E-state index in [0.29, 0.717) is 0 Å². The number of hydrogen-bond acceptors (Lipinski definition) is 1. The molecule has 1 aliphatic rings. The van der Waals surface area contributed by atoms with Gasteiger partial charge in [-0.3, -0.25) is 4.79 Å². The lowest BCUT2D eigenvalue weighted by atomic mass is 9.89. The molecule has 1 heterocycles. The van der Waals surface area contributed by atoms with E-state index in [1.54, 1.807) is 0 Å². The third-order valence-electron chi connectivity index (χ3n) is 4.70. The SMILES string of the molecule is CCc1cc2c(n1Cc1ccccc1)Cc1ccccc1C2=O. The summed E-state index contributed by atoms with van der Waals surface area (Å²) in [4.78, 5) is 12.8. The van der Waals surface area contributed by atoms with Crippen molar-refractivity contribution in [2.75, 3.05) is 0 Å². The highest BCUT2D eigenvalue weighted by molar-refractivity contribution is 6.12. The van der Waals surface area contributed by atoms with Crippen LogP contribution in [0.1, 0.15) is 45.4 Å². The maximum Gasteiger partial charge on any atom is 0.195 e. The average Bonchev–Trinajstić information content (AvgIpc) is 2.94. The van der Waals surface area contributed by atoms with Crippen molar-refractivity contribution in [3.8, 4) is 0 Å². The highest BCUT2D eigenvalue weighted by atomic mass is 16.1. The molecule has 0 saturated heterocycles. The van der Waals surface area contributed by atoms with Crippen molar-refractivity contribution in [1.82, 2.24) is 4.57 Å². The number of aryl methyl sites for hydroxylation is 1. The van der Waals surface area contributed by atoms with E-state index in [-0.39, 0.29) is 5.78 Å². The van der Waals surface area contributed by atoms with Crippen LogP contribution in [0, 0.1) is 0 Å². The lowest BCUT2D eigenvalue weighted by Crippen LogP contribution is -2.17. The van der Waals surface area contributed by atoms with Gasteiger partial charge in [0.25, 0.3) is 0 Å². The Morgan fingerprint density at radius 1 is 0.957 bits per heavy atom. The Balaban J connectivity index is 1.82. The van der Waals surface area contributed by atoms with Gasteiger partial charge >= 0.3 is 0 Å². The van der Waals surface area contributed by atoms with Crippen molar-refractivity contribution < 1.29 is 4.79 Å². The molecule has 1 aliphatic carbocycles. The summed E-state index contributed by atoms with van der Waals surface area (Å²) in [6.45, 7) is 2.98. The van der Waals surface area contributed by atoms with Gasteiger partial charge in [-0.15, -0.1) is 0 Å². The molecule has 4 rings (SSSR count). The maximum absolute atomic E-state index is 12.8. The lowest BCUT2D eigenvalue weighted by molar-refractivity contribution is 0.103. The fourth-order valence-corrected chi connectivity index (χ4v) is 3.51. The zero-order valence-electron chi connectivity index (χ0n) is 13.3. The summed E-state index contributed by atoms with van der Waals surface area (Å²) >= 11 is 0. The number of carbonyl (C=O) groups is 1. The second kappa shape index (κ2) is 5.54. The fraction of sp³-hybridized carbons (Fsp3) is 0.190. The topological polar surface area (TPSA) is 22.0 Å². The van der Waals surface area contributed by atoms with Gasteiger partial charge in [-0.05, 0) is 23.6 Å². The van der Waals surface area contributed by atoms with Crippen LogP contribution < -0.4 is 0 Å². The molecule has 0 fully saturated rings. The summed E-state index contributed by atoms with van der Waals surface area (Å²) in [6.07, 6.45) is 1.77. The van der Waals surface area contributed by atoms with Gasteiger partial charge < -0.3 is 4.57 Å². The molecular weight excluding hydrogens is 282 g/mol. The Morgan fingerprint density at radius 2 is 1.70 bits per heavy atom. The van der Waals surface area contributed by atoms with E-state index < -0.39 is 0 Å². The molecule has 2 aromatic carbocycles. The van der Waals surface area contributed by atoms with Crippen LogP contribution in [0.15, 0.2) is 60.7 Å². The molecule has 0 atom stereocenters. The van der Waals surface area contributed by atoms with Crippen LogP contribution in [0.2, 0.25) is 0 Å². The molecule has 3 aromatic rings. The molecule has 23 heavy (non-hydrogen) atoms. The van der Waals surface area contributed by atoms with E-state index >= 15 is 0 Å². The van der Waals surface area contributed by atoms with Crippen LogP contribution in [-0.2, 0) is 19.4 Å². The van der Waals surface area contributed by atoms with Gasteiger partial charge in [0.1, 0.15) is 0 Å². The highest BCUT2D eigenvalue weighted by Gasteiger charge is 2.27. The molecule has 0 N–H and O–H groups in total. The van der Waals surface area contributed by atoms with Crippen LogP contribution in [0.25, 0.3) is 0 Å². The molecule has 0 aliphatic heterocycles. The van der Waals surface area contributed by atoms with Crippen LogP contribution in [0.3, 0.4) is 0 Å². The average molecular weight is 301 g/mol. The second-order valence-electron chi connectivity index (χ2n) is 6.08. The molecule has 0 amide bonds. The van der Waals surface area contributed by atoms with Crippen molar-refractivity contribution in [2.45, 2.75) is 26.3 Å². The van der Waals surface area contributed by atoms with E-state index in [1.165, 1.54) is 11.3 Å². The Labute approximate surface area is 136 Å². The van der Waals surface area contributed by atoms with Crippen LogP contribution in [0.5, 0.6) is 0 Å². The summed E-state index contributed by atoms with van der Waals surface area (Å²) in [6, 6.07) is 20.5. The molecular formula is C21H19NO. The van der Waals surface area contributed by atoms with Gasteiger partial charge in [0, 0.05) is 35.5 Å². The lowest BCUT2D eigenvalue weighted by Gasteiger charge is -2.19. The third-order valence-corrected chi connectivity index (χ3v) is 4.70. The predicted molar refractivity (Wildman–Crippen MR) is 92.0 cm³/mol. The molecule has 114 valence electrons. The normalized spacial score (nSPS) is 12.8. The molecule has 0 bridgehead atoms. The van der Waals surface area contributed by atoms with E-state index in [1.807, 2.05) is 24.3 Å². The Bertz CT molecular complexity index is 874. The van der Waals surface area contributed by atoms with Crippen molar-refractivity contribution in [3.05, 3.63) is 94.3 Å². The summed E-state index contributed by atoms with van der Waals surface area (Å²) in [7, 11) is 0. The second-order valence-corrected chi connectivity index (χ2v) is 6.08. The van der Waals surface area contributed by atoms with E-state index in [2.05, 4.69) is 47.9 Å². The van der Waals surface area contributed by atoms with Gasteiger partial charge in [-0.1, -0.05) is 61.5 Å². The number of nitrogens with zero attached hydrogens (tertiary/aromatic N) is 1. The predicted octanol–water partition coefficient (Wildman–Crippen LogP) is 4.23. The quantitative estimate of drug-likeness (QED) is 0.555. The van der Waals surface area contributed by atoms with Gasteiger partial charge in [0.05, 0.1) is 0 Å². The first kappa shape index (κ1) is 14.0. The molecule has 2 nitrogen and oxygen atoms in total. The van der Waals surface area contributed by atoms with Gasteiger partial charge in [-0.2, -0.15) is 0 Å². The Hall–Kier alpha value is -2.61. The maximum atomic E-state index is 12.8. The smallest absolute Gasteiger partial charge is 0.195 e. The monoisotopic (exact) mass is 301 g/mol. The summed E-state index contributed by atoms with van der Waals surface area (Å²) in [5, 5.41) is 0. The summed E-state index contributed by atoms with van der Waals surface area (Å²) < 4.78 is 2.33. The zero-order chi connectivity index (χ0) is 15.8. The number of hydrogen-bond donors (Lipinski definition) is 0. The molecule has 0 unspecified atom stereocenters. The molecule has 1 aromatic heterocycles. The van der Waals surface area contributed by atoms with Crippen LogP contribution >= 0.6 is 0 Å². The number of aromatic nitrogens is 1. The highest BCUT2D eigenvalue weighted by Crippen LogP contribution is 2.30. The first-order valence-electron chi connectivity index (χ1n) is 8.15. The number of ketones is 1. The Morgan fingerprint density at radius 3 is 2.48 bits per heavy atom. The minimum absolute atomic E-state index is 0.170. The summed E-state index contributed by atoms with van der Waals surface area (Å²) in [5.41, 5.74) is 6.55. The fourth-order valence-electron chi connectivity index (χ4n) is 3.51. The minimum Gasteiger partial charge on any atom is -0.343 e. The minimum atomic E-state index is 0.170. The number of carbonyl (C=O) groups excluding carboxylic acids is 1. The number of benzene rings is 2. The molecule has 0 radical (unpaired) electrons. The number of fused-ring (bicyclic) bond motifs is 2. The molecule has 0 spiro atoms. The molecule has 2 heteroatoms. The third kappa shape index (κ3) is 2.31. The summed E-state index contributed by atoms with van der Waals surface area (Å²) in [5.74, 6) is 0.170. The van der Waals surface area contributed by atoms with Gasteiger partial charge in [0.15, 0.2) is 5.78 Å². The standard InChI is InChI=1S/C21H19NO/c1-2-17-13-19-20(22(17)14-15-8-4-3-5-9-15)12-16-10-6-7-11-18(16)21(19)23/h3-11,13H,2,12,14H2,1H3. The molecule has 0 saturated carbocycles. The van der Waals surface area contributed by atoms with E-state index in [0.717, 1.165) is 41.8 Å². The van der Waals surface area contributed by atoms with Crippen LogP contribution in [-0.4, -0.2) is 10.4 Å². The van der Waals surface area contributed by atoms with Crippen molar-refractivity contribution in [1.29, 1.82) is 0 Å². The van der Waals surface area contributed by atoms with Gasteiger partial charge in [0.2, 0.25) is 0 Å².